The molecular weight excluding hydrogens is 653 g/mol. The van der Waals surface area contributed by atoms with E-state index in [0.29, 0.717) is 10.6 Å². The predicted octanol–water partition coefficient (Wildman–Crippen LogP) is 7.40. The molecule has 1 N–H and O–H groups in total. The lowest BCUT2D eigenvalue weighted by molar-refractivity contribution is -0.140. The maximum Gasteiger partial charge on any atom is 0.264 e. The monoisotopic (exact) mass is 685 g/mol. The third-order valence-corrected chi connectivity index (χ3v) is 9.57. The van der Waals surface area contributed by atoms with Gasteiger partial charge in [0.1, 0.15) is 12.6 Å². The van der Waals surface area contributed by atoms with Gasteiger partial charge in [0, 0.05) is 23.5 Å². The summed E-state index contributed by atoms with van der Waals surface area (Å²) in [5.74, 6) is -0.987. The number of anilines is 1. The number of nitrogens with zero attached hydrogens (tertiary/aromatic N) is 2. The Bertz CT molecular complexity index is 1750. The molecule has 4 aromatic carbocycles. The number of rotatable bonds is 11. The lowest BCUT2D eigenvalue weighted by Crippen LogP contribution is -2.56. The zero-order valence-electron chi connectivity index (χ0n) is 25.1. The highest BCUT2D eigenvalue weighted by molar-refractivity contribution is 7.92. The van der Waals surface area contributed by atoms with Crippen LogP contribution in [-0.4, -0.2) is 43.3 Å². The molecule has 0 bridgehead atoms. The Morgan fingerprint density at radius 2 is 1.40 bits per heavy atom. The maximum absolute atomic E-state index is 14.5. The largest absolute Gasteiger partial charge is 0.350 e. The summed E-state index contributed by atoms with van der Waals surface area (Å²) in [6.07, 6.45) is 0.188. The number of sulfonamides is 1. The Morgan fingerprint density at radius 3 is 2.00 bits per heavy atom. The predicted molar refractivity (Wildman–Crippen MR) is 181 cm³/mol. The molecule has 0 heterocycles. The van der Waals surface area contributed by atoms with Crippen molar-refractivity contribution in [2.24, 2.45) is 0 Å². The van der Waals surface area contributed by atoms with E-state index < -0.39 is 34.1 Å². The summed E-state index contributed by atoms with van der Waals surface area (Å²) in [6.45, 7) is 4.93. The molecule has 11 heteroatoms. The molecule has 45 heavy (non-hydrogen) atoms. The van der Waals surface area contributed by atoms with Crippen molar-refractivity contribution in [3.05, 3.63) is 129 Å². The molecule has 7 nitrogen and oxygen atoms in total. The van der Waals surface area contributed by atoms with Gasteiger partial charge in [0.25, 0.3) is 10.0 Å². The minimum Gasteiger partial charge on any atom is -0.350 e. The molecule has 0 radical (unpaired) electrons. The fourth-order valence-electron chi connectivity index (χ4n) is 4.73. The van der Waals surface area contributed by atoms with Gasteiger partial charge in [-0.1, -0.05) is 95.5 Å². The number of amides is 2. The SMILES string of the molecule is CC(C)(C)NC(=O)C(Cc1ccccc1)N(Cc1cccc(Cl)c1)C(=O)CN(c1ccc(Cl)c(Cl)c1)S(=O)(=O)c1ccccc1. The van der Waals surface area contributed by atoms with Crippen molar-refractivity contribution in [2.75, 3.05) is 10.8 Å². The first-order valence-electron chi connectivity index (χ1n) is 14.2. The Morgan fingerprint density at radius 1 is 0.778 bits per heavy atom. The number of carbonyl (C=O) groups is 2. The van der Waals surface area contributed by atoms with Gasteiger partial charge < -0.3 is 10.2 Å². The van der Waals surface area contributed by atoms with E-state index in [2.05, 4.69) is 5.32 Å². The first-order chi connectivity index (χ1) is 21.2. The third-order valence-electron chi connectivity index (χ3n) is 6.81. The highest BCUT2D eigenvalue weighted by Crippen LogP contribution is 2.31. The van der Waals surface area contributed by atoms with Crippen LogP contribution >= 0.6 is 34.8 Å². The number of nitrogens with one attached hydrogen (secondary N) is 1. The van der Waals surface area contributed by atoms with Gasteiger partial charge in [-0.25, -0.2) is 8.42 Å². The molecule has 2 amide bonds. The molecule has 0 aromatic heterocycles. The van der Waals surface area contributed by atoms with Crippen LogP contribution in [0, 0.1) is 0 Å². The van der Waals surface area contributed by atoms with E-state index in [9.17, 15) is 18.0 Å². The average molecular weight is 687 g/mol. The molecule has 0 aliphatic rings. The zero-order chi connectivity index (χ0) is 32.8. The van der Waals surface area contributed by atoms with Gasteiger partial charge in [-0.15, -0.1) is 0 Å². The topological polar surface area (TPSA) is 86.8 Å². The highest BCUT2D eigenvalue weighted by atomic mass is 35.5. The molecule has 0 saturated heterocycles. The minimum atomic E-state index is -4.26. The Kier molecular flexibility index (Phi) is 11.2. The van der Waals surface area contributed by atoms with Gasteiger partial charge in [0.05, 0.1) is 20.6 Å². The number of halogens is 3. The standard InChI is InChI=1S/C34H34Cl3N3O4S/c1-34(2,3)38-33(42)31(20-24-11-6-4-7-12-24)39(22-25-13-10-14-26(35)19-25)32(41)23-40(27-17-18-29(36)30(37)21-27)45(43,44)28-15-8-5-9-16-28/h4-19,21,31H,20,22-23H2,1-3H3,(H,38,42). The summed E-state index contributed by atoms with van der Waals surface area (Å²) in [4.78, 5) is 29.8. The van der Waals surface area contributed by atoms with Crippen molar-refractivity contribution in [1.82, 2.24) is 10.2 Å². The summed E-state index contributed by atoms with van der Waals surface area (Å²) >= 11 is 18.7. The normalized spacial score (nSPS) is 12.3. The molecule has 0 spiro atoms. The highest BCUT2D eigenvalue weighted by Gasteiger charge is 2.35. The number of hydrogen-bond donors (Lipinski definition) is 1. The lowest BCUT2D eigenvalue weighted by Gasteiger charge is -2.35. The van der Waals surface area contributed by atoms with E-state index in [4.69, 9.17) is 34.8 Å². The Hall–Kier alpha value is -3.56. The number of benzene rings is 4. The second-order valence-corrected chi connectivity index (χ2v) is 14.6. The van der Waals surface area contributed by atoms with Crippen LogP contribution in [0.2, 0.25) is 15.1 Å². The summed E-state index contributed by atoms with van der Waals surface area (Å²) in [7, 11) is -4.26. The minimum absolute atomic E-state index is 0.00491. The molecule has 4 rings (SSSR count). The Labute approximate surface area is 279 Å². The van der Waals surface area contributed by atoms with Gasteiger partial charge in [-0.05, 0) is 74.4 Å². The molecule has 0 aliphatic heterocycles. The quantitative estimate of drug-likeness (QED) is 0.178. The molecule has 0 fully saturated rings. The fourth-order valence-corrected chi connectivity index (χ4v) is 6.66. The van der Waals surface area contributed by atoms with E-state index in [1.807, 2.05) is 51.1 Å². The van der Waals surface area contributed by atoms with Gasteiger partial charge in [0.15, 0.2) is 0 Å². The Balaban J connectivity index is 1.83. The zero-order valence-corrected chi connectivity index (χ0v) is 28.2. The van der Waals surface area contributed by atoms with E-state index in [0.717, 1.165) is 9.87 Å². The average Bonchev–Trinajstić information content (AvgIpc) is 2.99. The summed E-state index contributed by atoms with van der Waals surface area (Å²) in [6, 6.07) is 27.4. The van der Waals surface area contributed by atoms with Crippen molar-refractivity contribution in [3.63, 3.8) is 0 Å². The van der Waals surface area contributed by atoms with E-state index in [-0.39, 0.29) is 39.5 Å². The summed E-state index contributed by atoms with van der Waals surface area (Å²) in [5, 5.41) is 3.82. The molecular formula is C34H34Cl3N3O4S. The number of carbonyl (C=O) groups excluding carboxylic acids is 2. The lowest BCUT2D eigenvalue weighted by atomic mass is 10.0. The first kappa shape index (κ1) is 34.3. The van der Waals surface area contributed by atoms with Gasteiger partial charge in [-0.3, -0.25) is 13.9 Å². The first-order valence-corrected chi connectivity index (χ1v) is 16.7. The van der Waals surface area contributed by atoms with Crippen LogP contribution in [0.4, 0.5) is 5.69 Å². The van der Waals surface area contributed by atoms with E-state index in [1.54, 1.807) is 42.5 Å². The van der Waals surface area contributed by atoms with Crippen molar-refractivity contribution in [2.45, 2.75) is 50.2 Å². The van der Waals surface area contributed by atoms with Crippen LogP contribution in [0.15, 0.2) is 108 Å². The van der Waals surface area contributed by atoms with Crippen molar-refractivity contribution < 1.29 is 18.0 Å². The van der Waals surface area contributed by atoms with Crippen LogP contribution in [0.5, 0.6) is 0 Å². The van der Waals surface area contributed by atoms with Crippen LogP contribution < -0.4 is 9.62 Å². The van der Waals surface area contributed by atoms with Crippen molar-refractivity contribution >= 4 is 62.3 Å². The van der Waals surface area contributed by atoms with Crippen LogP contribution in [0.25, 0.3) is 0 Å². The second kappa shape index (κ2) is 14.7. The molecule has 0 saturated carbocycles. The fraction of sp³-hybridized carbons (Fsp3) is 0.235. The third kappa shape index (κ3) is 9.23. The maximum atomic E-state index is 14.5. The van der Waals surface area contributed by atoms with Crippen molar-refractivity contribution in [3.8, 4) is 0 Å². The van der Waals surface area contributed by atoms with Gasteiger partial charge in [-0.2, -0.15) is 0 Å². The smallest absolute Gasteiger partial charge is 0.264 e. The molecule has 1 atom stereocenters. The van der Waals surface area contributed by atoms with Crippen LogP contribution in [0.1, 0.15) is 31.9 Å². The molecule has 236 valence electrons. The second-order valence-electron chi connectivity index (χ2n) is 11.5. The summed E-state index contributed by atoms with van der Waals surface area (Å²) < 4.78 is 29.1. The van der Waals surface area contributed by atoms with E-state index >= 15 is 0 Å². The van der Waals surface area contributed by atoms with Crippen molar-refractivity contribution in [1.29, 1.82) is 0 Å². The van der Waals surface area contributed by atoms with Crippen LogP contribution in [-0.2, 0) is 32.6 Å². The van der Waals surface area contributed by atoms with Gasteiger partial charge >= 0.3 is 0 Å². The molecule has 1 unspecified atom stereocenters. The molecule has 0 aliphatic carbocycles. The van der Waals surface area contributed by atoms with Gasteiger partial charge in [0.2, 0.25) is 11.8 Å². The number of hydrogen-bond acceptors (Lipinski definition) is 4. The summed E-state index contributed by atoms with van der Waals surface area (Å²) in [5.41, 5.74) is 1.04. The van der Waals surface area contributed by atoms with E-state index in [1.165, 1.54) is 35.2 Å². The molecule has 4 aromatic rings. The van der Waals surface area contributed by atoms with Crippen LogP contribution in [0.3, 0.4) is 0 Å².